The normalized spacial score (nSPS) is 12.3. The fourth-order valence-corrected chi connectivity index (χ4v) is 4.75. The van der Waals surface area contributed by atoms with Crippen molar-refractivity contribution < 1.29 is 4.79 Å². The molecule has 0 bridgehead atoms. The van der Waals surface area contributed by atoms with Crippen molar-refractivity contribution in [1.82, 2.24) is 14.1 Å². The van der Waals surface area contributed by atoms with Crippen molar-refractivity contribution in [2.75, 3.05) is 5.75 Å². The Labute approximate surface area is 185 Å². The van der Waals surface area contributed by atoms with Gasteiger partial charge in [0, 0.05) is 24.0 Å². The van der Waals surface area contributed by atoms with Gasteiger partial charge in [0.15, 0.2) is 10.9 Å². The lowest BCUT2D eigenvalue weighted by Gasteiger charge is -2.20. The number of carbonyl (C=O) groups is 1. The first-order valence-corrected chi connectivity index (χ1v) is 11.2. The Morgan fingerprint density at radius 2 is 1.74 bits per heavy atom. The lowest BCUT2D eigenvalue weighted by atomic mass is 10.1. The fourth-order valence-electron chi connectivity index (χ4n) is 3.79. The fraction of sp³-hybridized carbons (Fsp3) is 0.240. The van der Waals surface area contributed by atoms with E-state index < -0.39 is 0 Å². The molecule has 0 aliphatic heterocycles. The summed E-state index contributed by atoms with van der Waals surface area (Å²) in [6, 6.07) is 19.0. The van der Waals surface area contributed by atoms with Crippen LogP contribution in [0.15, 0.2) is 70.6 Å². The van der Waals surface area contributed by atoms with Crippen molar-refractivity contribution in [2.24, 2.45) is 7.05 Å². The van der Waals surface area contributed by atoms with E-state index in [0.717, 1.165) is 22.5 Å². The number of fused-ring (bicyclic) bond motifs is 1. The minimum absolute atomic E-state index is 0.0347. The summed E-state index contributed by atoms with van der Waals surface area (Å²) in [5.41, 5.74) is 4.28. The Balaban J connectivity index is 1.74. The SMILES string of the molecule is Cc1cc(C(=O)CSc2nc3ccccc3c(=O)n2[C@@H](C)c2ccccc2)c(C)n1C. The third-order valence-electron chi connectivity index (χ3n) is 5.85. The molecule has 2 heterocycles. The molecule has 158 valence electrons. The number of nitrogens with zero attached hydrogens (tertiary/aromatic N) is 3. The summed E-state index contributed by atoms with van der Waals surface area (Å²) in [5.74, 6) is 0.254. The van der Waals surface area contributed by atoms with Crippen molar-refractivity contribution in [3.8, 4) is 0 Å². The molecule has 2 aromatic carbocycles. The molecule has 0 N–H and O–H groups in total. The summed E-state index contributed by atoms with van der Waals surface area (Å²) in [5, 5.41) is 1.13. The van der Waals surface area contributed by atoms with Crippen LogP contribution in [0, 0.1) is 13.8 Å². The van der Waals surface area contributed by atoms with Gasteiger partial charge in [-0.25, -0.2) is 4.98 Å². The lowest BCUT2D eigenvalue weighted by Crippen LogP contribution is -2.27. The highest BCUT2D eigenvalue weighted by Gasteiger charge is 2.20. The van der Waals surface area contributed by atoms with Crippen molar-refractivity contribution in [1.29, 1.82) is 0 Å². The van der Waals surface area contributed by atoms with Crippen LogP contribution in [0.3, 0.4) is 0 Å². The Morgan fingerprint density at radius 1 is 1.06 bits per heavy atom. The largest absolute Gasteiger partial charge is 0.351 e. The molecule has 0 saturated carbocycles. The number of para-hydroxylation sites is 1. The molecule has 0 aliphatic carbocycles. The van der Waals surface area contributed by atoms with Gasteiger partial charge < -0.3 is 4.57 Å². The van der Waals surface area contributed by atoms with Crippen LogP contribution in [0.5, 0.6) is 0 Å². The van der Waals surface area contributed by atoms with E-state index in [1.54, 1.807) is 10.6 Å². The lowest BCUT2D eigenvalue weighted by molar-refractivity contribution is 0.102. The third-order valence-corrected chi connectivity index (χ3v) is 6.81. The molecule has 4 rings (SSSR count). The van der Waals surface area contributed by atoms with Crippen LogP contribution in [0.4, 0.5) is 0 Å². The van der Waals surface area contributed by atoms with E-state index in [4.69, 9.17) is 4.98 Å². The molecule has 4 aromatic rings. The van der Waals surface area contributed by atoms with Gasteiger partial charge in [-0.3, -0.25) is 14.2 Å². The minimum Gasteiger partial charge on any atom is -0.351 e. The Hall–Kier alpha value is -3.12. The van der Waals surface area contributed by atoms with Crippen molar-refractivity contribution in [3.05, 3.63) is 93.5 Å². The first-order valence-electron chi connectivity index (χ1n) is 10.2. The van der Waals surface area contributed by atoms with E-state index >= 15 is 0 Å². The van der Waals surface area contributed by atoms with Gasteiger partial charge in [0.1, 0.15) is 0 Å². The molecule has 0 amide bonds. The Morgan fingerprint density at radius 3 is 2.42 bits per heavy atom. The number of aryl methyl sites for hydroxylation is 1. The van der Waals surface area contributed by atoms with Crippen LogP contribution >= 0.6 is 11.8 Å². The van der Waals surface area contributed by atoms with Crippen LogP contribution in [0.25, 0.3) is 10.9 Å². The molecule has 2 aromatic heterocycles. The molecule has 5 nitrogen and oxygen atoms in total. The molecular formula is C25H25N3O2S. The maximum atomic E-state index is 13.4. The van der Waals surface area contributed by atoms with E-state index in [2.05, 4.69) is 0 Å². The highest BCUT2D eigenvalue weighted by atomic mass is 32.2. The number of aromatic nitrogens is 3. The summed E-state index contributed by atoms with van der Waals surface area (Å²) < 4.78 is 3.72. The first kappa shape index (κ1) is 21.1. The second kappa shape index (κ2) is 8.55. The maximum absolute atomic E-state index is 13.4. The van der Waals surface area contributed by atoms with Crippen LogP contribution in [-0.4, -0.2) is 25.7 Å². The van der Waals surface area contributed by atoms with Gasteiger partial charge in [-0.2, -0.15) is 0 Å². The maximum Gasteiger partial charge on any atom is 0.262 e. The summed E-state index contributed by atoms with van der Waals surface area (Å²) in [6.07, 6.45) is 0. The number of rotatable bonds is 6. The number of benzene rings is 2. The number of carbonyl (C=O) groups excluding carboxylic acids is 1. The average molecular weight is 432 g/mol. The predicted molar refractivity (Wildman–Crippen MR) is 126 cm³/mol. The van der Waals surface area contributed by atoms with Gasteiger partial charge in [0.2, 0.25) is 0 Å². The van der Waals surface area contributed by atoms with Crippen molar-refractivity contribution >= 4 is 28.4 Å². The number of ketones is 1. The molecule has 0 unspecified atom stereocenters. The van der Waals surface area contributed by atoms with E-state index in [9.17, 15) is 9.59 Å². The molecule has 0 saturated heterocycles. The number of thioether (sulfide) groups is 1. The highest BCUT2D eigenvalue weighted by Crippen LogP contribution is 2.26. The van der Waals surface area contributed by atoms with Gasteiger partial charge in [-0.1, -0.05) is 54.2 Å². The molecular weight excluding hydrogens is 406 g/mol. The van der Waals surface area contributed by atoms with E-state index in [-0.39, 0.29) is 23.1 Å². The summed E-state index contributed by atoms with van der Waals surface area (Å²) >= 11 is 1.32. The topological polar surface area (TPSA) is 56.9 Å². The number of Topliss-reactive ketones (excluding diaryl/α,β-unsaturated/α-hetero) is 1. The smallest absolute Gasteiger partial charge is 0.262 e. The molecule has 0 spiro atoms. The number of hydrogen-bond donors (Lipinski definition) is 0. The predicted octanol–water partition coefficient (Wildman–Crippen LogP) is 4.94. The van der Waals surface area contributed by atoms with Gasteiger partial charge in [0.25, 0.3) is 5.56 Å². The van der Waals surface area contributed by atoms with E-state index in [1.165, 1.54) is 11.8 Å². The molecule has 1 atom stereocenters. The van der Waals surface area contributed by atoms with E-state index in [0.29, 0.717) is 16.1 Å². The molecule has 6 heteroatoms. The van der Waals surface area contributed by atoms with Gasteiger partial charge >= 0.3 is 0 Å². The zero-order valence-electron chi connectivity index (χ0n) is 18.1. The van der Waals surface area contributed by atoms with Gasteiger partial charge in [-0.05, 0) is 44.5 Å². The average Bonchev–Trinajstić information content (AvgIpc) is 3.05. The van der Waals surface area contributed by atoms with Crippen LogP contribution < -0.4 is 5.56 Å². The standard InChI is InChI=1S/C25H25N3O2S/c1-16-14-21(18(3)27(16)4)23(29)15-31-25-26-22-13-9-8-12-20(22)24(30)28(25)17(2)19-10-6-5-7-11-19/h5-14,17H,15H2,1-4H3/t17-/m0/s1. The molecule has 0 fully saturated rings. The molecule has 0 radical (unpaired) electrons. The Bertz CT molecular complexity index is 1320. The van der Waals surface area contributed by atoms with Crippen LogP contribution in [0.2, 0.25) is 0 Å². The number of hydrogen-bond acceptors (Lipinski definition) is 4. The van der Waals surface area contributed by atoms with Crippen LogP contribution in [0.1, 0.15) is 40.3 Å². The second-order valence-electron chi connectivity index (χ2n) is 7.73. The van der Waals surface area contributed by atoms with Gasteiger partial charge in [0.05, 0.1) is 22.7 Å². The third kappa shape index (κ3) is 3.95. The zero-order valence-corrected chi connectivity index (χ0v) is 18.9. The van der Waals surface area contributed by atoms with Crippen molar-refractivity contribution in [2.45, 2.75) is 32.0 Å². The quantitative estimate of drug-likeness (QED) is 0.247. The van der Waals surface area contributed by atoms with Crippen LogP contribution in [-0.2, 0) is 7.05 Å². The monoisotopic (exact) mass is 431 g/mol. The Kier molecular flexibility index (Phi) is 5.83. The van der Waals surface area contributed by atoms with E-state index in [1.807, 2.05) is 87.0 Å². The highest BCUT2D eigenvalue weighted by molar-refractivity contribution is 7.99. The summed E-state index contributed by atoms with van der Waals surface area (Å²) in [7, 11) is 1.96. The van der Waals surface area contributed by atoms with Crippen molar-refractivity contribution in [3.63, 3.8) is 0 Å². The van der Waals surface area contributed by atoms with Gasteiger partial charge in [-0.15, -0.1) is 0 Å². The zero-order chi connectivity index (χ0) is 22.1. The summed E-state index contributed by atoms with van der Waals surface area (Å²) in [4.78, 5) is 31.1. The second-order valence-corrected chi connectivity index (χ2v) is 8.67. The minimum atomic E-state index is -0.205. The molecule has 0 aliphatic rings. The summed E-state index contributed by atoms with van der Waals surface area (Å²) in [6.45, 7) is 5.93. The molecule has 31 heavy (non-hydrogen) atoms. The first-order chi connectivity index (χ1) is 14.9.